The Morgan fingerprint density at radius 3 is 2.20 bits per heavy atom. The number of hydrogen-bond acceptors (Lipinski definition) is 6. The fourth-order valence-electron chi connectivity index (χ4n) is 4.10. The molecule has 180 valence electrons. The van der Waals surface area contributed by atoms with E-state index in [1.54, 1.807) is 0 Å². The summed E-state index contributed by atoms with van der Waals surface area (Å²) in [6.45, 7) is 1.66. The summed E-state index contributed by atoms with van der Waals surface area (Å²) in [6, 6.07) is 19.2. The largest absolute Gasteiger partial charge is 0.480 e. The third-order valence-electron chi connectivity index (χ3n) is 5.95. The maximum absolute atomic E-state index is 12.5. The zero-order valence-electron chi connectivity index (χ0n) is 19.2. The Morgan fingerprint density at radius 2 is 1.60 bits per heavy atom. The van der Waals surface area contributed by atoms with Crippen molar-refractivity contribution in [3.8, 4) is 11.1 Å². The molecule has 4 rings (SSSR count). The van der Waals surface area contributed by atoms with Gasteiger partial charge in [-0.1, -0.05) is 54.6 Å². The monoisotopic (exact) mass is 475 g/mol. The summed E-state index contributed by atoms with van der Waals surface area (Å²) in [7, 11) is 1.35. The van der Waals surface area contributed by atoms with Crippen LogP contribution < -0.4 is 10.6 Å². The molecule has 0 saturated carbocycles. The molecule has 0 spiro atoms. The molecule has 1 heterocycles. The summed E-state index contributed by atoms with van der Waals surface area (Å²) in [5.74, 6) is -1.94. The molecule has 0 unspecified atom stereocenters. The molecule has 1 aromatic heterocycles. The van der Waals surface area contributed by atoms with Crippen molar-refractivity contribution in [2.75, 3.05) is 19.0 Å². The molecule has 0 saturated heterocycles. The third-order valence-corrected chi connectivity index (χ3v) is 5.95. The molecule has 2 atom stereocenters. The van der Waals surface area contributed by atoms with E-state index in [9.17, 15) is 19.5 Å². The van der Waals surface area contributed by atoms with Crippen molar-refractivity contribution >= 4 is 23.8 Å². The number of amides is 2. The van der Waals surface area contributed by atoms with E-state index < -0.39 is 30.1 Å². The van der Waals surface area contributed by atoms with Gasteiger partial charge in [0.15, 0.2) is 6.04 Å². The second-order valence-electron chi connectivity index (χ2n) is 8.09. The molecule has 9 nitrogen and oxygen atoms in total. The second-order valence-corrected chi connectivity index (χ2v) is 8.09. The average Bonchev–Trinajstić information content (AvgIpc) is 3.19. The van der Waals surface area contributed by atoms with Gasteiger partial charge in [-0.05, 0) is 41.3 Å². The first-order valence-electron chi connectivity index (χ1n) is 11.0. The minimum atomic E-state index is -1.26. The van der Waals surface area contributed by atoms with Gasteiger partial charge in [-0.2, -0.15) is 0 Å². The lowest BCUT2D eigenvalue weighted by Crippen LogP contribution is -2.48. The lowest BCUT2D eigenvalue weighted by atomic mass is 9.98. The van der Waals surface area contributed by atoms with Crippen molar-refractivity contribution in [3.05, 3.63) is 83.6 Å². The lowest BCUT2D eigenvalue weighted by Gasteiger charge is -2.20. The van der Waals surface area contributed by atoms with E-state index in [4.69, 9.17) is 9.47 Å². The second kappa shape index (κ2) is 10.4. The number of fused-ring (bicyclic) bond motifs is 3. The minimum Gasteiger partial charge on any atom is -0.480 e. The topological polar surface area (TPSA) is 127 Å². The standard InChI is InChI=1S/C26H25N3O6/c1-15(34-2)23(25(31)32)29-24(30)21-12-7-13-22(27-21)28-26(33)35-14-20-18-10-5-3-8-16(18)17-9-4-6-11-19(17)20/h3-13,15,20,23H,14H2,1-2H3,(H,29,30)(H,31,32)(H,27,28,33)/t15-,23+/m1/s1. The SMILES string of the molecule is CO[C@H](C)[C@H](NC(=O)c1cccc(NC(=O)OCC2c3ccccc3-c3ccccc32)n1)C(=O)O. The van der Waals surface area contributed by atoms with Crippen LogP contribution in [0.2, 0.25) is 0 Å². The number of aliphatic carboxylic acids is 1. The number of carbonyl (C=O) groups is 3. The number of carbonyl (C=O) groups excluding carboxylic acids is 2. The molecule has 1 aliphatic carbocycles. The molecule has 3 N–H and O–H groups in total. The van der Waals surface area contributed by atoms with Crippen LogP contribution >= 0.6 is 0 Å². The van der Waals surface area contributed by atoms with Crippen molar-refractivity contribution in [1.82, 2.24) is 10.3 Å². The van der Waals surface area contributed by atoms with Crippen LogP contribution in [0.5, 0.6) is 0 Å². The number of nitrogens with zero attached hydrogens (tertiary/aromatic N) is 1. The van der Waals surface area contributed by atoms with Gasteiger partial charge in [-0.3, -0.25) is 10.1 Å². The van der Waals surface area contributed by atoms with E-state index >= 15 is 0 Å². The van der Waals surface area contributed by atoms with Gasteiger partial charge in [0.05, 0.1) is 6.10 Å². The zero-order chi connectivity index (χ0) is 24.9. The van der Waals surface area contributed by atoms with Gasteiger partial charge in [0, 0.05) is 13.0 Å². The van der Waals surface area contributed by atoms with Crippen LogP contribution in [-0.2, 0) is 14.3 Å². The number of nitrogens with one attached hydrogen (secondary N) is 2. The van der Waals surface area contributed by atoms with Gasteiger partial charge < -0.3 is 19.9 Å². The summed E-state index contributed by atoms with van der Waals surface area (Å²) < 4.78 is 10.5. The van der Waals surface area contributed by atoms with Crippen LogP contribution in [-0.4, -0.2) is 53.9 Å². The number of methoxy groups -OCH3 is 1. The van der Waals surface area contributed by atoms with E-state index in [-0.39, 0.29) is 24.0 Å². The van der Waals surface area contributed by atoms with Crippen LogP contribution in [0.4, 0.5) is 10.6 Å². The van der Waals surface area contributed by atoms with Crippen molar-refractivity contribution in [2.45, 2.75) is 25.0 Å². The molecule has 2 aromatic carbocycles. The van der Waals surface area contributed by atoms with E-state index in [0.29, 0.717) is 0 Å². The Hall–Kier alpha value is -4.24. The number of rotatable bonds is 8. The smallest absolute Gasteiger partial charge is 0.412 e. The number of carboxylic acid groups (broad SMARTS) is 1. The van der Waals surface area contributed by atoms with Crippen molar-refractivity contribution in [3.63, 3.8) is 0 Å². The third kappa shape index (κ3) is 5.15. The fourth-order valence-corrected chi connectivity index (χ4v) is 4.10. The van der Waals surface area contributed by atoms with Crippen molar-refractivity contribution in [1.29, 1.82) is 0 Å². The highest BCUT2D eigenvalue weighted by molar-refractivity contribution is 5.96. The molecular formula is C26H25N3O6. The van der Waals surface area contributed by atoms with Crippen molar-refractivity contribution in [2.24, 2.45) is 0 Å². The van der Waals surface area contributed by atoms with Crippen LogP contribution in [0, 0.1) is 0 Å². The van der Waals surface area contributed by atoms with Gasteiger partial charge in [-0.25, -0.2) is 14.6 Å². The average molecular weight is 476 g/mol. The molecular weight excluding hydrogens is 450 g/mol. The Labute approximate surface area is 202 Å². The number of benzene rings is 2. The van der Waals surface area contributed by atoms with Gasteiger partial charge in [-0.15, -0.1) is 0 Å². The Morgan fingerprint density at radius 1 is 0.971 bits per heavy atom. The highest BCUT2D eigenvalue weighted by atomic mass is 16.5. The quantitative estimate of drug-likeness (QED) is 0.454. The molecule has 0 fully saturated rings. The molecule has 3 aromatic rings. The number of aromatic nitrogens is 1. The van der Waals surface area contributed by atoms with Crippen molar-refractivity contribution < 1.29 is 29.0 Å². The number of pyridine rings is 1. The predicted molar refractivity (Wildman–Crippen MR) is 128 cm³/mol. The van der Waals surface area contributed by atoms with Crippen LogP contribution in [0.1, 0.15) is 34.5 Å². The van der Waals surface area contributed by atoms with Crippen LogP contribution in [0.25, 0.3) is 11.1 Å². The molecule has 0 radical (unpaired) electrons. The van der Waals surface area contributed by atoms with Gasteiger partial charge in [0.25, 0.3) is 5.91 Å². The normalized spacial score (nSPS) is 13.8. The van der Waals surface area contributed by atoms with E-state index in [1.165, 1.54) is 32.2 Å². The summed E-state index contributed by atoms with van der Waals surface area (Å²) in [4.78, 5) is 40.5. The first-order valence-corrected chi connectivity index (χ1v) is 11.0. The van der Waals surface area contributed by atoms with E-state index in [1.807, 2.05) is 36.4 Å². The van der Waals surface area contributed by atoms with Crippen LogP contribution in [0.15, 0.2) is 66.7 Å². The number of ether oxygens (including phenoxy) is 2. The van der Waals surface area contributed by atoms with E-state index in [0.717, 1.165) is 22.3 Å². The Balaban J connectivity index is 1.40. The number of carboxylic acids is 1. The predicted octanol–water partition coefficient (Wildman–Crippen LogP) is 3.66. The lowest BCUT2D eigenvalue weighted by molar-refractivity contribution is -0.142. The first kappa shape index (κ1) is 23.9. The first-order chi connectivity index (χ1) is 16.9. The Bertz CT molecular complexity index is 1220. The molecule has 0 aliphatic heterocycles. The molecule has 35 heavy (non-hydrogen) atoms. The fraction of sp³-hybridized carbons (Fsp3) is 0.231. The summed E-state index contributed by atoms with van der Waals surface area (Å²) in [5, 5.41) is 14.2. The highest BCUT2D eigenvalue weighted by Gasteiger charge is 2.29. The van der Waals surface area contributed by atoms with Gasteiger partial charge in [0.1, 0.15) is 18.1 Å². The van der Waals surface area contributed by atoms with E-state index in [2.05, 4.69) is 27.8 Å². The summed E-state index contributed by atoms with van der Waals surface area (Å²) in [6.07, 6.45) is -1.47. The summed E-state index contributed by atoms with van der Waals surface area (Å²) in [5.41, 5.74) is 4.38. The maximum atomic E-state index is 12.5. The molecule has 0 bridgehead atoms. The zero-order valence-corrected chi connectivity index (χ0v) is 19.2. The van der Waals surface area contributed by atoms with Gasteiger partial charge >= 0.3 is 12.1 Å². The molecule has 1 aliphatic rings. The molecule has 2 amide bonds. The van der Waals surface area contributed by atoms with Crippen LogP contribution in [0.3, 0.4) is 0 Å². The highest BCUT2D eigenvalue weighted by Crippen LogP contribution is 2.44. The van der Waals surface area contributed by atoms with Gasteiger partial charge in [0.2, 0.25) is 0 Å². The minimum absolute atomic E-state index is 0.0593. The number of hydrogen-bond donors (Lipinski definition) is 3. The maximum Gasteiger partial charge on any atom is 0.412 e. The molecule has 9 heteroatoms. The Kier molecular flexibility index (Phi) is 7.07. The number of anilines is 1. The summed E-state index contributed by atoms with van der Waals surface area (Å²) >= 11 is 0.